The highest BCUT2D eigenvalue weighted by Crippen LogP contribution is 2.26. The van der Waals surface area contributed by atoms with Gasteiger partial charge in [-0.05, 0) is 30.3 Å². The first-order valence-electron chi connectivity index (χ1n) is 6.32. The summed E-state index contributed by atoms with van der Waals surface area (Å²) in [5.74, 6) is 0. The smallest absolute Gasteiger partial charge is 0.266 e. The van der Waals surface area contributed by atoms with Crippen LogP contribution in [0, 0.1) is 0 Å². The summed E-state index contributed by atoms with van der Waals surface area (Å²) in [6, 6.07) is 20.7. The molecule has 21 heavy (non-hydrogen) atoms. The molecular weight excluding hydrogens is 304 g/mol. The van der Waals surface area contributed by atoms with Gasteiger partial charge in [-0.3, -0.25) is 4.79 Å². The Morgan fingerprint density at radius 3 is 2.24 bits per heavy atom. The Balaban J connectivity index is 2.04. The first-order chi connectivity index (χ1) is 10.2. The van der Waals surface area contributed by atoms with Gasteiger partial charge in [-0.15, -0.1) is 0 Å². The number of hydrogen-bond donors (Lipinski definition) is 0. The third-order valence-electron chi connectivity index (χ3n) is 2.81. The SMILES string of the molecule is O=c1c(Cl)cc(Sc2ccccc2)nn1-c1ccccc1. The van der Waals surface area contributed by atoms with Crippen LogP contribution in [-0.4, -0.2) is 9.78 Å². The van der Waals surface area contributed by atoms with E-state index in [1.54, 1.807) is 6.07 Å². The van der Waals surface area contributed by atoms with Crippen molar-refractivity contribution < 1.29 is 0 Å². The summed E-state index contributed by atoms with van der Waals surface area (Å²) in [5, 5.41) is 5.22. The van der Waals surface area contributed by atoms with Crippen LogP contribution in [0.1, 0.15) is 0 Å². The second kappa shape index (κ2) is 6.16. The second-order valence-electron chi connectivity index (χ2n) is 4.30. The minimum atomic E-state index is -0.319. The molecule has 0 spiro atoms. The summed E-state index contributed by atoms with van der Waals surface area (Å²) in [6.07, 6.45) is 0. The van der Waals surface area contributed by atoms with Crippen LogP contribution < -0.4 is 5.56 Å². The topological polar surface area (TPSA) is 34.9 Å². The summed E-state index contributed by atoms with van der Waals surface area (Å²) in [4.78, 5) is 13.2. The van der Waals surface area contributed by atoms with Gasteiger partial charge in [0, 0.05) is 4.90 Å². The monoisotopic (exact) mass is 314 g/mol. The van der Waals surface area contributed by atoms with E-state index < -0.39 is 0 Å². The first-order valence-corrected chi connectivity index (χ1v) is 7.52. The fraction of sp³-hybridized carbons (Fsp3) is 0. The van der Waals surface area contributed by atoms with Crippen LogP contribution in [0.4, 0.5) is 0 Å². The van der Waals surface area contributed by atoms with Crippen LogP contribution in [0.3, 0.4) is 0 Å². The zero-order valence-corrected chi connectivity index (χ0v) is 12.5. The summed E-state index contributed by atoms with van der Waals surface area (Å²) in [7, 11) is 0. The Morgan fingerprint density at radius 2 is 1.57 bits per heavy atom. The van der Waals surface area contributed by atoms with Gasteiger partial charge in [0.1, 0.15) is 10.0 Å². The maximum absolute atomic E-state index is 12.1. The van der Waals surface area contributed by atoms with E-state index in [9.17, 15) is 4.79 Å². The van der Waals surface area contributed by atoms with Gasteiger partial charge in [-0.2, -0.15) is 9.78 Å². The van der Waals surface area contributed by atoms with Crippen LogP contribution >= 0.6 is 23.4 Å². The third kappa shape index (κ3) is 3.17. The van der Waals surface area contributed by atoms with E-state index in [4.69, 9.17) is 11.6 Å². The summed E-state index contributed by atoms with van der Waals surface area (Å²) >= 11 is 7.51. The van der Waals surface area contributed by atoms with Crippen molar-refractivity contribution in [2.75, 3.05) is 0 Å². The number of halogens is 1. The minimum Gasteiger partial charge on any atom is -0.266 e. The molecule has 0 aliphatic rings. The molecule has 1 heterocycles. The fourth-order valence-electron chi connectivity index (χ4n) is 1.85. The average molecular weight is 315 g/mol. The molecule has 1 aromatic heterocycles. The molecule has 0 atom stereocenters. The molecule has 3 nitrogen and oxygen atoms in total. The van der Waals surface area contributed by atoms with Crippen LogP contribution in [0.2, 0.25) is 5.02 Å². The van der Waals surface area contributed by atoms with Gasteiger partial charge < -0.3 is 0 Å². The highest BCUT2D eigenvalue weighted by Gasteiger charge is 2.09. The number of nitrogens with zero attached hydrogens (tertiary/aromatic N) is 2. The number of hydrogen-bond acceptors (Lipinski definition) is 3. The lowest BCUT2D eigenvalue weighted by Gasteiger charge is -2.07. The Hall–Kier alpha value is -2.04. The molecule has 0 saturated heterocycles. The molecule has 0 N–H and O–H groups in total. The molecule has 0 aliphatic carbocycles. The van der Waals surface area contributed by atoms with Crippen LogP contribution in [0.25, 0.3) is 5.69 Å². The normalized spacial score (nSPS) is 10.5. The molecule has 0 fully saturated rings. The molecular formula is C16H11ClN2OS. The van der Waals surface area contributed by atoms with Crippen molar-refractivity contribution in [2.45, 2.75) is 9.92 Å². The first kappa shape index (κ1) is 13.9. The highest BCUT2D eigenvalue weighted by molar-refractivity contribution is 7.99. The van der Waals surface area contributed by atoms with Gasteiger partial charge in [0.2, 0.25) is 0 Å². The molecule has 0 bridgehead atoms. The van der Waals surface area contributed by atoms with E-state index in [2.05, 4.69) is 5.10 Å². The van der Waals surface area contributed by atoms with E-state index in [0.717, 1.165) is 4.90 Å². The maximum atomic E-state index is 12.1. The van der Waals surface area contributed by atoms with Crippen LogP contribution in [0.5, 0.6) is 0 Å². The number of rotatable bonds is 3. The summed E-state index contributed by atoms with van der Waals surface area (Å²) in [5.41, 5.74) is 0.375. The Bertz CT molecular complexity index is 804. The van der Waals surface area contributed by atoms with Gasteiger partial charge in [-0.25, -0.2) is 0 Å². The fourth-order valence-corrected chi connectivity index (χ4v) is 2.93. The number of para-hydroxylation sites is 1. The maximum Gasteiger partial charge on any atom is 0.290 e. The third-order valence-corrected chi connectivity index (χ3v) is 4.00. The van der Waals surface area contributed by atoms with Crippen molar-refractivity contribution in [2.24, 2.45) is 0 Å². The standard InChI is InChI=1S/C16H11ClN2OS/c17-14-11-15(21-13-9-5-2-6-10-13)18-19(16(14)20)12-7-3-1-4-8-12/h1-11H. The number of benzene rings is 2. The largest absolute Gasteiger partial charge is 0.290 e. The van der Waals surface area contributed by atoms with E-state index >= 15 is 0 Å². The predicted octanol–water partition coefficient (Wildman–Crippen LogP) is 4.04. The van der Waals surface area contributed by atoms with Crippen LogP contribution in [-0.2, 0) is 0 Å². The van der Waals surface area contributed by atoms with Gasteiger partial charge >= 0.3 is 0 Å². The lowest BCUT2D eigenvalue weighted by Crippen LogP contribution is -2.21. The highest BCUT2D eigenvalue weighted by atomic mass is 35.5. The van der Waals surface area contributed by atoms with Crippen molar-refractivity contribution in [3.8, 4) is 5.69 Å². The summed E-state index contributed by atoms with van der Waals surface area (Å²) in [6.45, 7) is 0. The lowest BCUT2D eigenvalue weighted by atomic mass is 10.3. The van der Waals surface area contributed by atoms with E-state index in [-0.39, 0.29) is 10.6 Å². The minimum absolute atomic E-state index is 0.160. The van der Waals surface area contributed by atoms with Crippen molar-refractivity contribution in [1.29, 1.82) is 0 Å². The van der Waals surface area contributed by atoms with E-state index in [1.165, 1.54) is 16.4 Å². The second-order valence-corrected chi connectivity index (χ2v) is 5.80. The van der Waals surface area contributed by atoms with Crippen molar-refractivity contribution in [3.63, 3.8) is 0 Å². The molecule has 2 aromatic carbocycles. The van der Waals surface area contributed by atoms with E-state index in [1.807, 2.05) is 60.7 Å². The molecule has 3 rings (SSSR count). The van der Waals surface area contributed by atoms with Gasteiger partial charge in [0.05, 0.1) is 5.69 Å². The molecule has 5 heteroatoms. The average Bonchev–Trinajstić information content (AvgIpc) is 2.52. The van der Waals surface area contributed by atoms with Crippen molar-refractivity contribution >= 4 is 23.4 Å². The molecule has 0 amide bonds. The van der Waals surface area contributed by atoms with E-state index in [0.29, 0.717) is 10.7 Å². The molecule has 0 aliphatic heterocycles. The van der Waals surface area contributed by atoms with Gasteiger partial charge in [-0.1, -0.05) is 59.8 Å². The van der Waals surface area contributed by atoms with Gasteiger partial charge in [0.25, 0.3) is 5.56 Å². The van der Waals surface area contributed by atoms with Crippen molar-refractivity contribution in [1.82, 2.24) is 9.78 Å². The lowest BCUT2D eigenvalue weighted by molar-refractivity contribution is 0.754. The molecule has 3 aromatic rings. The molecule has 104 valence electrons. The Morgan fingerprint density at radius 1 is 0.952 bits per heavy atom. The molecule has 0 radical (unpaired) electrons. The van der Waals surface area contributed by atoms with Crippen LogP contribution in [0.15, 0.2) is 81.4 Å². The Kier molecular flexibility index (Phi) is 4.08. The molecule has 0 unspecified atom stereocenters. The zero-order chi connectivity index (χ0) is 14.7. The zero-order valence-electron chi connectivity index (χ0n) is 10.9. The Labute approximate surface area is 131 Å². The molecule has 0 saturated carbocycles. The quantitative estimate of drug-likeness (QED) is 0.732. The predicted molar refractivity (Wildman–Crippen MR) is 85.4 cm³/mol. The van der Waals surface area contributed by atoms with Gasteiger partial charge in [0.15, 0.2) is 0 Å². The number of aromatic nitrogens is 2. The van der Waals surface area contributed by atoms with Crippen molar-refractivity contribution in [3.05, 3.63) is 82.1 Å². The summed E-state index contributed by atoms with van der Waals surface area (Å²) < 4.78 is 1.33.